The molecule has 180 valence electrons. The molecule has 0 radical (unpaired) electrons. The van der Waals surface area contributed by atoms with Gasteiger partial charge in [0.2, 0.25) is 5.88 Å². The molecule has 2 aromatic heterocycles. The maximum atomic E-state index is 13.0. The highest BCUT2D eigenvalue weighted by atomic mass is 79.9. The maximum absolute atomic E-state index is 13.0. The van der Waals surface area contributed by atoms with Crippen LogP contribution in [0.1, 0.15) is 16.7 Å². The summed E-state index contributed by atoms with van der Waals surface area (Å²) in [7, 11) is 0. The van der Waals surface area contributed by atoms with E-state index in [-0.39, 0.29) is 11.3 Å². The number of aromatic nitrogens is 3. The minimum absolute atomic E-state index is 0.0984. The SMILES string of the molecule is O=c1[nH]c(=O)n(-c2ccc(Br)cc2)c(O)c1C(=NCCc1c[nH]c2ccccc12)c1ccc(Cl)cc1. The number of aliphatic imine (C=N–C) groups is 1. The average molecular weight is 564 g/mol. The summed E-state index contributed by atoms with van der Waals surface area (Å²) in [4.78, 5) is 36.0. The van der Waals surface area contributed by atoms with Gasteiger partial charge in [-0.1, -0.05) is 57.9 Å². The molecule has 36 heavy (non-hydrogen) atoms. The van der Waals surface area contributed by atoms with Crippen LogP contribution in [0.2, 0.25) is 5.02 Å². The van der Waals surface area contributed by atoms with Gasteiger partial charge in [-0.05, 0) is 54.4 Å². The number of para-hydroxylation sites is 1. The van der Waals surface area contributed by atoms with Gasteiger partial charge in [0.25, 0.3) is 5.56 Å². The van der Waals surface area contributed by atoms with Crippen molar-refractivity contribution in [2.24, 2.45) is 4.99 Å². The number of halogens is 2. The smallest absolute Gasteiger partial charge is 0.335 e. The van der Waals surface area contributed by atoms with Crippen LogP contribution in [0.3, 0.4) is 0 Å². The molecular weight excluding hydrogens is 544 g/mol. The number of aromatic amines is 2. The lowest BCUT2D eigenvalue weighted by atomic mass is 10.0. The van der Waals surface area contributed by atoms with E-state index in [1.807, 2.05) is 30.5 Å². The van der Waals surface area contributed by atoms with Gasteiger partial charge in [-0.2, -0.15) is 0 Å². The number of hydrogen-bond donors (Lipinski definition) is 3. The van der Waals surface area contributed by atoms with Crippen LogP contribution >= 0.6 is 27.5 Å². The van der Waals surface area contributed by atoms with E-state index in [4.69, 9.17) is 16.6 Å². The van der Waals surface area contributed by atoms with Crippen LogP contribution in [0.5, 0.6) is 5.88 Å². The molecule has 0 aliphatic carbocycles. The lowest BCUT2D eigenvalue weighted by Gasteiger charge is -2.14. The zero-order valence-corrected chi connectivity index (χ0v) is 21.2. The summed E-state index contributed by atoms with van der Waals surface area (Å²) in [5.41, 5.74) is 1.78. The molecule has 7 nitrogen and oxygen atoms in total. The monoisotopic (exact) mass is 562 g/mol. The highest BCUT2D eigenvalue weighted by molar-refractivity contribution is 9.10. The zero-order valence-electron chi connectivity index (χ0n) is 18.8. The van der Waals surface area contributed by atoms with Gasteiger partial charge in [0.15, 0.2) is 0 Å². The molecule has 0 saturated heterocycles. The second-order valence-electron chi connectivity index (χ2n) is 8.12. The fourth-order valence-electron chi connectivity index (χ4n) is 4.12. The first kappa shape index (κ1) is 23.8. The van der Waals surface area contributed by atoms with Crippen molar-refractivity contribution in [3.05, 3.63) is 126 Å². The molecule has 0 amide bonds. The van der Waals surface area contributed by atoms with E-state index in [0.29, 0.717) is 29.2 Å². The Bertz CT molecular complexity index is 1700. The molecule has 0 bridgehead atoms. The lowest BCUT2D eigenvalue weighted by Crippen LogP contribution is -2.33. The first-order valence-corrected chi connectivity index (χ1v) is 12.3. The fraction of sp³-hybridized carbons (Fsp3) is 0.0741. The number of aromatic hydroxyl groups is 1. The summed E-state index contributed by atoms with van der Waals surface area (Å²) in [6.07, 6.45) is 2.55. The number of fused-ring (bicyclic) bond motifs is 1. The van der Waals surface area contributed by atoms with Crippen LogP contribution in [0, 0.1) is 0 Å². The summed E-state index contributed by atoms with van der Waals surface area (Å²) in [6, 6.07) is 21.6. The molecule has 0 unspecified atom stereocenters. The van der Waals surface area contributed by atoms with Crippen LogP contribution in [0.25, 0.3) is 16.6 Å². The van der Waals surface area contributed by atoms with Crippen molar-refractivity contribution in [1.29, 1.82) is 0 Å². The molecule has 5 aromatic rings. The topological polar surface area (TPSA) is 103 Å². The fourth-order valence-corrected chi connectivity index (χ4v) is 4.51. The number of hydrogen-bond acceptors (Lipinski definition) is 4. The maximum Gasteiger partial charge on any atom is 0.335 e. The van der Waals surface area contributed by atoms with Gasteiger partial charge >= 0.3 is 5.69 Å². The van der Waals surface area contributed by atoms with Gasteiger partial charge in [-0.25, -0.2) is 9.36 Å². The second kappa shape index (κ2) is 10.0. The Labute approximate surface area is 218 Å². The minimum atomic E-state index is -0.752. The molecule has 0 saturated carbocycles. The van der Waals surface area contributed by atoms with Gasteiger partial charge in [0.05, 0.1) is 11.4 Å². The third-order valence-electron chi connectivity index (χ3n) is 5.85. The van der Waals surface area contributed by atoms with E-state index in [0.717, 1.165) is 25.5 Å². The largest absolute Gasteiger partial charge is 0.493 e. The molecular formula is C27H20BrClN4O3. The molecule has 0 atom stereocenters. The van der Waals surface area contributed by atoms with Crippen molar-refractivity contribution in [2.45, 2.75) is 6.42 Å². The number of benzene rings is 3. The summed E-state index contributed by atoms with van der Waals surface area (Å²) in [5, 5.41) is 12.8. The Balaban J connectivity index is 1.62. The van der Waals surface area contributed by atoms with Crippen molar-refractivity contribution in [2.75, 3.05) is 6.54 Å². The van der Waals surface area contributed by atoms with E-state index >= 15 is 0 Å². The molecule has 0 fully saturated rings. The van der Waals surface area contributed by atoms with Crippen molar-refractivity contribution in [1.82, 2.24) is 14.5 Å². The van der Waals surface area contributed by atoms with Gasteiger partial charge in [0, 0.05) is 38.7 Å². The minimum Gasteiger partial charge on any atom is -0.493 e. The standard InChI is InChI=1S/C27H20BrClN4O3/c28-18-7-11-20(12-8-18)33-26(35)23(25(34)32-27(33)36)24(16-5-9-19(29)10-6-16)30-14-13-17-15-31-22-4-2-1-3-21(17)22/h1-12,15,31,35H,13-14H2,(H,32,34,36). The van der Waals surface area contributed by atoms with Crippen molar-refractivity contribution in [3.8, 4) is 11.6 Å². The Kier molecular flexibility index (Phi) is 6.63. The van der Waals surface area contributed by atoms with E-state index in [1.165, 1.54) is 0 Å². The van der Waals surface area contributed by atoms with Crippen molar-refractivity contribution in [3.63, 3.8) is 0 Å². The molecule has 3 N–H and O–H groups in total. The van der Waals surface area contributed by atoms with Crippen LogP contribution in [0.15, 0.2) is 98.0 Å². The predicted octanol–water partition coefficient (Wildman–Crippen LogP) is 5.21. The van der Waals surface area contributed by atoms with Crippen LogP contribution < -0.4 is 11.2 Å². The number of nitrogens with zero attached hydrogens (tertiary/aromatic N) is 2. The van der Waals surface area contributed by atoms with Crippen LogP contribution in [-0.2, 0) is 6.42 Å². The average Bonchev–Trinajstić information content (AvgIpc) is 3.28. The third-order valence-corrected chi connectivity index (χ3v) is 6.63. The van der Waals surface area contributed by atoms with Crippen LogP contribution in [0.4, 0.5) is 0 Å². The normalized spacial score (nSPS) is 11.8. The summed E-state index contributed by atoms with van der Waals surface area (Å²) < 4.78 is 1.86. The van der Waals surface area contributed by atoms with Crippen molar-refractivity contribution >= 4 is 44.1 Å². The molecule has 5 rings (SSSR count). The molecule has 9 heteroatoms. The molecule has 0 spiro atoms. The first-order valence-electron chi connectivity index (χ1n) is 11.1. The van der Waals surface area contributed by atoms with Crippen molar-refractivity contribution < 1.29 is 5.11 Å². The highest BCUT2D eigenvalue weighted by Crippen LogP contribution is 2.23. The van der Waals surface area contributed by atoms with Gasteiger partial charge in [-0.15, -0.1) is 0 Å². The molecule has 2 heterocycles. The van der Waals surface area contributed by atoms with Crippen LogP contribution in [-0.4, -0.2) is 31.9 Å². The number of nitrogens with one attached hydrogen (secondary N) is 2. The summed E-state index contributed by atoms with van der Waals surface area (Å²) >= 11 is 9.44. The quantitative estimate of drug-likeness (QED) is 0.247. The van der Waals surface area contributed by atoms with E-state index in [9.17, 15) is 14.7 Å². The molecule has 3 aromatic carbocycles. The van der Waals surface area contributed by atoms with E-state index in [2.05, 4.69) is 25.9 Å². The highest BCUT2D eigenvalue weighted by Gasteiger charge is 2.22. The van der Waals surface area contributed by atoms with Gasteiger partial charge < -0.3 is 10.1 Å². The Morgan fingerprint density at radius 1 is 1.00 bits per heavy atom. The van der Waals surface area contributed by atoms with E-state index in [1.54, 1.807) is 48.5 Å². The van der Waals surface area contributed by atoms with Gasteiger partial charge in [-0.3, -0.25) is 14.8 Å². The number of rotatable bonds is 6. The predicted molar refractivity (Wildman–Crippen MR) is 146 cm³/mol. The Morgan fingerprint density at radius 3 is 2.47 bits per heavy atom. The summed E-state index contributed by atoms with van der Waals surface area (Å²) in [5.74, 6) is -0.494. The first-order chi connectivity index (χ1) is 17.4. The Morgan fingerprint density at radius 2 is 1.72 bits per heavy atom. The number of H-pyrrole nitrogens is 2. The van der Waals surface area contributed by atoms with E-state index < -0.39 is 17.1 Å². The van der Waals surface area contributed by atoms with Gasteiger partial charge in [0.1, 0.15) is 5.56 Å². The zero-order chi connectivity index (χ0) is 25.2. The summed E-state index contributed by atoms with van der Waals surface area (Å²) in [6.45, 7) is 0.343. The molecule has 0 aliphatic rings. The second-order valence-corrected chi connectivity index (χ2v) is 9.47. The third kappa shape index (κ3) is 4.65. The molecule has 0 aliphatic heterocycles. The lowest BCUT2D eigenvalue weighted by molar-refractivity contribution is 0.430. The Hall–Kier alpha value is -3.88.